The normalized spacial score (nSPS) is 12.4. The Hall–Kier alpha value is -2.63. The third kappa shape index (κ3) is 50.2. The molecule has 0 aromatic heterocycles. The van der Waals surface area contributed by atoms with E-state index in [-0.39, 0.29) is 31.1 Å². The molecule has 366 valence electrons. The van der Waals surface area contributed by atoms with E-state index >= 15 is 0 Å². The van der Waals surface area contributed by atoms with Crippen molar-refractivity contribution in [1.29, 1.82) is 0 Å². The van der Waals surface area contributed by atoms with Gasteiger partial charge in [-0.15, -0.1) is 0 Å². The maximum atomic E-state index is 12.8. The van der Waals surface area contributed by atoms with Gasteiger partial charge in [-0.1, -0.05) is 217 Å². The highest BCUT2D eigenvalue weighted by atomic mass is 16.6. The highest BCUT2D eigenvalue weighted by Crippen LogP contribution is 2.15. The Balaban J connectivity index is 4.33. The lowest BCUT2D eigenvalue weighted by atomic mass is 10.1. The molecule has 0 saturated heterocycles. The van der Waals surface area contributed by atoms with Crippen LogP contribution in [0.5, 0.6) is 0 Å². The second-order valence-electron chi connectivity index (χ2n) is 18.2. The topological polar surface area (TPSA) is 78.9 Å². The highest BCUT2D eigenvalue weighted by molar-refractivity contribution is 5.71. The van der Waals surface area contributed by atoms with E-state index in [4.69, 9.17) is 14.2 Å². The molecule has 0 N–H and O–H groups in total. The molecule has 6 nitrogen and oxygen atoms in total. The molecule has 0 radical (unpaired) electrons. The minimum atomic E-state index is -0.778. The molecule has 0 rings (SSSR count). The largest absolute Gasteiger partial charge is 0.462 e. The number of carbonyl (C=O) groups excluding carboxylic acids is 3. The van der Waals surface area contributed by atoms with Gasteiger partial charge in [0, 0.05) is 19.3 Å². The van der Waals surface area contributed by atoms with E-state index in [1.807, 2.05) is 0 Å². The summed E-state index contributed by atoms with van der Waals surface area (Å²) in [5.74, 6) is -0.887. The molecule has 0 aromatic rings. The summed E-state index contributed by atoms with van der Waals surface area (Å²) in [4.78, 5) is 38.0. The van der Waals surface area contributed by atoms with Crippen LogP contribution in [-0.2, 0) is 28.6 Å². The molecule has 0 heterocycles. The molecule has 6 heteroatoms. The lowest BCUT2D eigenvalue weighted by molar-refractivity contribution is -0.167. The first-order chi connectivity index (χ1) is 31.0. The Morgan fingerprint density at radius 1 is 0.317 bits per heavy atom. The first kappa shape index (κ1) is 60.4. The smallest absolute Gasteiger partial charge is 0.306 e. The summed E-state index contributed by atoms with van der Waals surface area (Å²) in [5, 5.41) is 0. The highest BCUT2D eigenvalue weighted by Gasteiger charge is 2.19. The molecule has 0 spiro atoms. The monoisotopic (exact) mass is 883 g/mol. The second kappa shape index (κ2) is 52.0. The van der Waals surface area contributed by atoms with Crippen molar-refractivity contribution in [3.63, 3.8) is 0 Å². The zero-order chi connectivity index (χ0) is 45.8. The number of ether oxygens (including phenoxy) is 3. The van der Waals surface area contributed by atoms with E-state index in [2.05, 4.69) is 69.4 Å². The maximum absolute atomic E-state index is 12.8. The van der Waals surface area contributed by atoms with Crippen molar-refractivity contribution < 1.29 is 28.6 Å². The number of hydrogen-bond donors (Lipinski definition) is 0. The molecule has 0 amide bonds. The van der Waals surface area contributed by atoms with Crippen LogP contribution in [0.4, 0.5) is 0 Å². The van der Waals surface area contributed by atoms with Gasteiger partial charge in [-0.2, -0.15) is 0 Å². The van der Waals surface area contributed by atoms with Crippen molar-refractivity contribution in [3.05, 3.63) is 48.6 Å². The Bertz CT molecular complexity index is 1110. The zero-order valence-corrected chi connectivity index (χ0v) is 41.8. The van der Waals surface area contributed by atoms with Gasteiger partial charge < -0.3 is 14.2 Å². The van der Waals surface area contributed by atoms with E-state index < -0.39 is 6.10 Å². The molecular formula is C57H102O6. The first-order valence-electron chi connectivity index (χ1n) is 27.2. The fraction of sp³-hybridized carbons (Fsp3) is 0.807. The van der Waals surface area contributed by atoms with Gasteiger partial charge in [-0.25, -0.2) is 0 Å². The van der Waals surface area contributed by atoms with Gasteiger partial charge in [0.2, 0.25) is 0 Å². The molecule has 0 aliphatic carbocycles. The van der Waals surface area contributed by atoms with Crippen molar-refractivity contribution >= 4 is 17.9 Å². The number of rotatable bonds is 49. The molecule has 1 unspecified atom stereocenters. The quantitative estimate of drug-likeness (QED) is 0.0199. The SMILES string of the molecule is CCCC/C=C\CCCCCCCC(=O)OCC(COC(=O)CCCCCCCCCCCC/C=C\C=C/CCCCC)OC(=O)CCCCCCCCC/C=C\CCCCCC. The van der Waals surface area contributed by atoms with Gasteiger partial charge in [-0.3, -0.25) is 14.4 Å². The Kier molecular flexibility index (Phi) is 49.8. The average molecular weight is 883 g/mol. The van der Waals surface area contributed by atoms with Crippen LogP contribution in [0.25, 0.3) is 0 Å². The summed E-state index contributed by atoms with van der Waals surface area (Å²) in [5.41, 5.74) is 0. The third-order valence-corrected chi connectivity index (χ3v) is 11.8. The van der Waals surface area contributed by atoms with Crippen LogP contribution in [0.3, 0.4) is 0 Å². The summed E-state index contributed by atoms with van der Waals surface area (Å²) in [6, 6.07) is 0. The standard InChI is InChI=1S/C57H102O6/c1-4-7-10-13-16-19-22-24-26-27-28-29-31-32-35-38-41-44-47-50-56(59)62-53-54(52-61-55(58)49-46-43-40-37-34-21-18-15-12-9-6-3)63-57(60)51-48-45-42-39-36-33-30-25-23-20-17-14-11-8-5-2/h15-16,18-20,22-24,54H,4-14,17,21,25-53H2,1-3H3/b18-15-,19-16-,23-20-,24-22-. The number of carbonyl (C=O) groups is 3. The number of esters is 3. The van der Waals surface area contributed by atoms with Gasteiger partial charge in [0.1, 0.15) is 13.2 Å². The lowest BCUT2D eigenvalue weighted by Gasteiger charge is -2.18. The van der Waals surface area contributed by atoms with Gasteiger partial charge in [0.25, 0.3) is 0 Å². The van der Waals surface area contributed by atoms with Gasteiger partial charge in [0.05, 0.1) is 0 Å². The van der Waals surface area contributed by atoms with Crippen LogP contribution < -0.4 is 0 Å². The van der Waals surface area contributed by atoms with Crippen LogP contribution in [0.1, 0.15) is 278 Å². The van der Waals surface area contributed by atoms with E-state index in [9.17, 15) is 14.4 Å². The van der Waals surface area contributed by atoms with E-state index in [1.165, 1.54) is 173 Å². The van der Waals surface area contributed by atoms with Crippen molar-refractivity contribution in [1.82, 2.24) is 0 Å². The summed E-state index contributed by atoms with van der Waals surface area (Å²) < 4.78 is 16.8. The predicted octanol–water partition coefficient (Wildman–Crippen LogP) is 17.9. The minimum absolute atomic E-state index is 0.0781. The lowest BCUT2D eigenvalue weighted by Crippen LogP contribution is -2.30. The fourth-order valence-electron chi connectivity index (χ4n) is 7.64. The summed E-state index contributed by atoms with van der Waals surface area (Å²) >= 11 is 0. The first-order valence-corrected chi connectivity index (χ1v) is 27.2. The van der Waals surface area contributed by atoms with Gasteiger partial charge in [-0.05, 0) is 89.9 Å². The van der Waals surface area contributed by atoms with Gasteiger partial charge in [0.15, 0.2) is 6.10 Å². The van der Waals surface area contributed by atoms with Crippen LogP contribution in [-0.4, -0.2) is 37.2 Å². The summed E-state index contributed by atoms with van der Waals surface area (Å²) in [6.45, 7) is 6.56. The predicted molar refractivity (Wildman–Crippen MR) is 270 cm³/mol. The molecule has 0 saturated carbocycles. The van der Waals surface area contributed by atoms with Crippen molar-refractivity contribution in [2.75, 3.05) is 13.2 Å². The number of hydrogen-bond acceptors (Lipinski definition) is 6. The van der Waals surface area contributed by atoms with Gasteiger partial charge >= 0.3 is 17.9 Å². The number of allylic oxidation sites excluding steroid dienone is 8. The molecule has 1 atom stereocenters. The van der Waals surface area contributed by atoms with Crippen molar-refractivity contribution in [2.45, 2.75) is 284 Å². The van der Waals surface area contributed by atoms with Crippen LogP contribution in [0, 0.1) is 0 Å². The number of unbranched alkanes of at least 4 members (excludes halogenated alkanes) is 31. The van der Waals surface area contributed by atoms with Crippen LogP contribution >= 0.6 is 0 Å². The Morgan fingerprint density at radius 2 is 0.587 bits per heavy atom. The van der Waals surface area contributed by atoms with E-state index in [0.717, 1.165) is 64.2 Å². The molecule has 0 aliphatic heterocycles. The van der Waals surface area contributed by atoms with Crippen LogP contribution in [0.2, 0.25) is 0 Å². The molecule has 0 aliphatic rings. The maximum Gasteiger partial charge on any atom is 0.306 e. The van der Waals surface area contributed by atoms with E-state index in [1.54, 1.807) is 0 Å². The zero-order valence-electron chi connectivity index (χ0n) is 41.8. The van der Waals surface area contributed by atoms with Crippen LogP contribution in [0.15, 0.2) is 48.6 Å². The third-order valence-electron chi connectivity index (χ3n) is 11.8. The fourth-order valence-corrected chi connectivity index (χ4v) is 7.64. The minimum Gasteiger partial charge on any atom is -0.462 e. The average Bonchev–Trinajstić information content (AvgIpc) is 3.28. The molecule has 0 bridgehead atoms. The van der Waals surface area contributed by atoms with E-state index in [0.29, 0.717) is 19.3 Å². The summed E-state index contributed by atoms with van der Waals surface area (Å²) in [7, 11) is 0. The van der Waals surface area contributed by atoms with Crippen molar-refractivity contribution in [3.8, 4) is 0 Å². The Labute approximate surface area is 390 Å². The second-order valence-corrected chi connectivity index (χ2v) is 18.2. The molecule has 0 aromatic carbocycles. The van der Waals surface area contributed by atoms with Crippen molar-refractivity contribution in [2.24, 2.45) is 0 Å². The molecule has 63 heavy (non-hydrogen) atoms. The molecule has 0 fully saturated rings. The molecular weight excluding hydrogens is 781 g/mol. The summed E-state index contributed by atoms with van der Waals surface area (Å²) in [6.07, 6.45) is 62.3. The Morgan fingerprint density at radius 3 is 0.968 bits per heavy atom.